The summed E-state index contributed by atoms with van der Waals surface area (Å²) >= 11 is 3.27. The van der Waals surface area contributed by atoms with Gasteiger partial charge >= 0.3 is 0 Å². The van der Waals surface area contributed by atoms with Gasteiger partial charge in [0.15, 0.2) is 0 Å². The highest BCUT2D eigenvalue weighted by Crippen LogP contribution is 2.36. The molecule has 2 amide bonds. The molecule has 0 unspecified atom stereocenters. The molecule has 3 aromatic carbocycles. The maximum absolute atomic E-state index is 14.2. The number of nitrogens with zero attached hydrogens (tertiary/aromatic N) is 5. The normalized spacial score (nSPS) is 13.2. The number of rotatable bonds is 7. The van der Waals surface area contributed by atoms with E-state index in [1.54, 1.807) is 35.6 Å². The van der Waals surface area contributed by atoms with Gasteiger partial charge in [0.2, 0.25) is 0 Å². The Kier molecular flexibility index (Phi) is 8.04. The number of carbonyl (C=O) groups excluding carboxylic acids is 2. The van der Waals surface area contributed by atoms with Crippen molar-refractivity contribution in [2.24, 2.45) is 0 Å². The van der Waals surface area contributed by atoms with E-state index in [0.29, 0.717) is 22.7 Å². The van der Waals surface area contributed by atoms with Crippen LogP contribution in [0.15, 0.2) is 85.3 Å². The summed E-state index contributed by atoms with van der Waals surface area (Å²) in [4.78, 5) is 35.9. The van der Waals surface area contributed by atoms with Gasteiger partial charge in [-0.05, 0) is 54.1 Å². The van der Waals surface area contributed by atoms with E-state index in [4.69, 9.17) is 5.26 Å². The van der Waals surface area contributed by atoms with Gasteiger partial charge in [0.25, 0.3) is 11.8 Å². The number of imidazole rings is 1. The van der Waals surface area contributed by atoms with Crippen molar-refractivity contribution in [2.45, 2.75) is 13.1 Å². The molecule has 0 saturated carbocycles. The molecule has 6 rings (SSSR count). The van der Waals surface area contributed by atoms with Crippen molar-refractivity contribution >= 4 is 50.7 Å². The molecule has 42 heavy (non-hydrogen) atoms. The molecule has 1 aliphatic heterocycles. The van der Waals surface area contributed by atoms with E-state index >= 15 is 0 Å². The first kappa shape index (κ1) is 27.7. The van der Waals surface area contributed by atoms with Crippen molar-refractivity contribution in [2.75, 3.05) is 29.5 Å². The summed E-state index contributed by atoms with van der Waals surface area (Å²) in [5.74, 6) is 1.00. The van der Waals surface area contributed by atoms with Crippen LogP contribution in [0, 0.1) is 17.1 Å². The lowest BCUT2D eigenvalue weighted by atomic mass is 10.1. The highest BCUT2D eigenvalue weighted by molar-refractivity contribution is 7.99. The number of amides is 2. The number of nitriles is 1. The number of fused-ring (bicyclic) bond motifs is 1. The lowest BCUT2D eigenvalue weighted by Gasteiger charge is -2.25. The first-order chi connectivity index (χ1) is 20.5. The van der Waals surface area contributed by atoms with Crippen molar-refractivity contribution in [1.82, 2.24) is 14.5 Å². The van der Waals surface area contributed by atoms with Crippen molar-refractivity contribution in [3.63, 3.8) is 0 Å². The Morgan fingerprint density at radius 3 is 2.57 bits per heavy atom. The maximum Gasteiger partial charge on any atom is 0.264 e. The van der Waals surface area contributed by atoms with E-state index < -0.39 is 5.82 Å². The Bertz CT molecular complexity index is 1800. The molecule has 1 saturated heterocycles. The predicted octanol–water partition coefficient (Wildman–Crippen LogP) is 6.19. The molecule has 0 bridgehead atoms. The van der Waals surface area contributed by atoms with Crippen LogP contribution in [0.2, 0.25) is 0 Å². The van der Waals surface area contributed by atoms with Crippen LogP contribution >= 0.6 is 23.1 Å². The van der Waals surface area contributed by atoms with Crippen LogP contribution in [0.3, 0.4) is 0 Å². The fraction of sp³-hybridized carbons (Fsp3) is 0.188. The number of carbonyl (C=O) groups is 2. The third-order valence-electron chi connectivity index (χ3n) is 7.21. The van der Waals surface area contributed by atoms with Crippen LogP contribution in [-0.4, -0.2) is 50.9 Å². The van der Waals surface area contributed by atoms with Gasteiger partial charge in [-0.2, -0.15) is 17.0 Å². The number of thiophene rings is 1. The quantitative estimate of drug-likeness (QED) is 0.224. The fourth-order valence-corrected chi connectivity index (χ4v) is 6.97. The van der Waals surface area contributed by atoms with Crippen molar-refractivity contribution in [3.8, 4) is 6.07 Å². The number of hydrogen-bond acceptors (Lipinski definition) is 6. The standard InChI is InChI=1S/C32H26FN5O2S2/c33-25-4-1-3-24(15-25)31(39)38(20-26-18-35-21-37(26)19-23-9-7-22(17-34)8-10-23)28-5-2-6-29-27(28)16-30(42-29)32(40)36-11-13-41-14-12-36/h1-10,15-16,18,21H,11-14,19-20H2. The monoisotopic (exact) mass is 595 g/mol. The molecule has 1 aliphatic rings. The van der Waals surface area contributed by atoms with Crippen LogP contribution in [0.1, 0.15) is 36.9 Å². The lowest BCUT2D eigenvalue weighted by molar-refractivity contribution is 0.0777. The molecule has 0 radical (unpaired) electrons. The van der Waals surface area contributed by atoms with Gasteiger partial charge in [-0.25, -0.2) is 9.37 Å². The van der Waals surface area contributed by atoms with Crippen LogP contribution in [-0.2, 0) is 13.1 Å². The third-order valence-corrected chi connectivity index (χ3v) is 9.24. The molecule has 0 N–H and O–H groups in total. The first-order valence-corrected chi connectivity index (χ1v) is 15.4. The smallest absolute Gasteiger partial charge is 0.264 e. The zero-order chi connectivity index (χ0) is 29.1. The topological polar surface area (TPSA) is 82.2 Å². The predicted molar refractivity (Wildman–Crippen MR) is 164 cm³/mol. The Morgan fingerprint density at radius 2 is 1.81 bits per heavy atom. The summed E-state index contributed by atoms with van der Waals surface area (Å²) in [6, 6.07) is 22.7. The molecule has 0 spiro atoms. The van der Waals surface area contributed by atoms with Crippen molar-refractivity contribution in [3.05, 3.63) is 118 Å². The molecule has 0 aliphatic carbocycles. The molecule has 10 heteroatoms. The van der Waals surface area contributed by atoms with E-state index in [2.05, 4.69) is 11.1 Å². The van der Waals surface area contributed by atoms with Crippen molar-refractivity contribution in [1.29, 1.82) is 5.26 Å². The van der Waals surface area contributed by atoms with Crippen LogP contribution in [0.25, 0.3) is 10.1 Å². The van der Waals surface area contributed by atoms with E-state index in [-0.39, 0.29) is 23.9 Å². The second kappa shape index (κ2) is 12.2. The second-order valence-electron chi connectivity index (χ2n) is 9.93. The Labute approximate surface area is 250 Å². The lowest BCUT2D eigenvalue weighted by Crippen LogP contribution is -2.37. The maximum atomic E-state index is 14.2. The summed E-state index contributed by atoms with van der Waals surface area (Å²) in [5, 5.41) is 9.92. The van der Waals surface area contributed by atoms with Crippen LogP contribution in [0.4, 0.5) is 10.1 Å². The number of aromatic nitrogens is 2. The van der Waals surface area contributed by atoms with Crippen molar-refractivity contribution < 1.29 is 14.0 Å². The largest absolute Gasteiger partial charge is 0.336 e. The van der Waals surface area contributed by atoms with Gasteiger partial charge in [0.1, 0.15) is 5.82 Å². The number of benzene rings is 3. The molecule has 0 atom stereocenters. The summed E-state index contributed by atoms with van der Waals surface area (Å²) in [6.07, 6.45) is 3.42. The summed E-state index contributed by atoms with van der Waals surface area (Å²) in [5.41, 5.74) is 3.20. The van der Waals surface area contributed by atoms with Gasteiger partial charge in [-0.1, -0.05) is 24.3 Å². The zero-order valence-electron chi connectivity index (χ0n) is 22.6. The molecule has 7 nitrogen and oxygen atoms in total. The van der Waals surface area contributed by atoms with Gasteiger partial charge < -0.3 is 14.4 Å². The van der Waals surface area contributed by atoms with E-state index in [1.807, 2.05) is 57.6 Å². The minimum absolute atomic E-state index is 0.00551. The van der Waals surface area contributed by atoms with Crippen LogP contribution < -0.4 is 4.90 Å². The van der Waals surface area contributed by atoms with Gasteiger partial charge in [0, 0.05) is 53.0 Å². The average molecular weight is 596 g/mol. The highest BCUT2D eigenvalue weighted by atomic mass is 32.2. The summed E-state index contributed by atoms with van der Waals surface area (Å²) in [6.45, 7) is 2.11. The first-order valence-electron chi connectivity index (χ1n) is 13.5. The Balaban J connectivity index is 1.38. The summed E-state index contributed by atoms with van der Waals surface area (Å²) < 4.78 is 17.0. The third kappa shape index (κ3) is 5.79. The molecule has 2 aromatic heterocycles. The SMILES string of the molecule is N#Cc1ccc(Cn2cncc2CN(C(=O)c2cccc(F)c2)c2cccc3sc(C(=O)N4CCSCC4)cc23)cc1. The number of halogens is 1. The van der Waals surface area contributed by atoms with E-state index in [0.717, 1.165) is 45.9 Å². The Morgan fingerprint density at radius 1 is 1.02 bits per heavy atom. The highest BCUT2D eigenvalue weighted by Gasteiger charge is 2.25. The number of anilines is 1. The molecule has 3 heterocycles. The van der Waals surface area contributed by atoms with E-state index in [9.17, 15) is 14.0 Å². The van der Waals surface area contributed by atoms with Gasteiger partial charge in [-0.3, -0.25) is 9.59 Å². The van der Waals surface area contributed by atoms with Gasteiger partial charge in [-0.15, -0.1) is 11.3 Å². The minimum Gasteiger partial charge on any atom is -0.336 e. The molecule has 1 fully saturated rings. The number of thioether (sulfide) groups is 1. The van der Waals surface area contributed by atoms with E-state index in [1.165, 1.54) is 29.5 Å². The fourth-order valence-electron chi connectivity index (χ4n) is 5.02. The second-order valence-corrected chi connectivity index (χ2v) is 12.2. The zero-order valence-corrected chi connectivity index (χ0v) is 24.2. The minimum atomic E-state index is -0.493. The Hall–Kier alpha value is -4.46. The van der Waals surface area contributed by atoms with Gasteiger partial charge in [0.05, 0.1) is 40.8 Å². The summed E-state index contributed by atoms with van der Waals surface area (Å²) in [7, 11) is 0. The average Bonchev–Trinajstić information content (AvgIpc) is 3.67. The molecule has 210 valence electrons. The molecule has 5 aromatic rings. The number of hydrogen-bond donors (Lipinski definition) is 0. The molecular formula is C32H26FN5O2S2. The molecular weight excluding hydrogens is 570 g/mol. The van der Waals surface area contributed by atoms with Crippen LogP contribution in [0.5, 0.6) is 0 Å².